The molecule has 3 aromatic rings. The molecule has 8 nitrogen and oxygen atoms in total. The molecule has 3 unspecified atom stereocenters. The summed E-state index contributed by atoms with van der Waals surface area (Å²) in [5, 5.41) is 1.01. The Labute approximate surface area is 212 Å². The van der Waals surface area contributed by atoms with Crippen LogP contribution in [-0.2, 0) is 11.8 Å². The number of morpholine rings is 1. The monoisotopic (exact) mass is 488 g/mol. The van der Waals surface area contributed by atoms with Gasteiger partial charge in [0.1, 0.15) is 5.65 Å². The lowest BCUT2D eigenvalue weighted by Gasteiger charge is -2.45. The van der Waals surface area contributed by atoms with Crippen LogP contribution in [0.5, 0.6) is 0 Å². The number of hydrogen-bond acceptors (Lipinski definition) is 7. The summed E-state index contributed by atoms with van der Waals surface area (Å²) in [5.41, 5.74) is 10.4. The van der Waals surface area contributed by atoms with Crippen LogP contribution in [0.25, 0.3) is 11.0 Å². The van der Waals surface area contributed by atoms with Gasteiger partial charge in [-0.05, 0) is 43.2 Å². The summed E-state index contributed by atoms with van der Waals surface area (Å²) in [7, 11) is 1.78. The quantitative estimate of drug-likeness (QED) is 0.590. The number of fused-ring (bicyclic) bond motifs is 1. The standard InChI is InChI=1S/C28H36N6O2/c1-19-13-34(26-12-27(35)31(2)28-25(26)4-3-10-30-28)18-24(36-19)17-32-14-21(15-32)20-5-7-23(8-6-20)33-11-9-22(29)16-33/h3-8,10,12,19,21-22,24H,9,11,13-18,29H2,1-2H3. The first-order valence-corrected chi connectivity index (χ1v) is 13.1. The summed E-state index contributed by atoms with van der Waals surface area (Å²) < 4.78 is 7.95. The molecule has 0 amide bonds. The van der Waals surface area contributed by atoms with E-state index in [1.165, 1.54) is 11.3 Å². The van der Waals surface area contributed by atoms with E-state index >= 15 is 0 Å². The second-order valence-corrected chi connectivity index (χ2v) is 10.8. The average molecular weight is 489 g/mol. The molecular formula is C28H36N6O2. The minimum Gasteiger partial charge on any atom is -0.370 e. The Balaban J connectivity index is 1.09. The van der Waals surface area contributed by atoms with Crippen molar-refractivity contribution in [2.45, 2.75) is 37.5 Å². The maximum atomic E-state index is 12.6. The van der Waals surface area contributed by atoms with Crippen LogP contribution in [0.1, 0.15) is 24.8 Å². The maximum absolute atomic E-state index is 12.6. The second-order valence-electron chi connectivity index (χ2n) is 10.8. The third-order valence-electron chi connectivity index (χ3n) is 8.01. The topological polar surface area (TPSA) is 79.9 Å². The molecule has 3 atom stereocenters. The summed E-state index contributed by atoms with van der Waals surface area (Å²) in [6.07, 6.45) is 3.02. The van der Waals surface area contributed by atoms with Crippen LogP contribution < -0.4 is 21.1 Å². The van der Waals surface area contributed by atoms with Crippen LogP contribution in [0, 0.1) is 0 Å². The number of hydrogen-bond donors (Lipinski definition) is 1. The van der Waals surface area contributed by atoms with E-state index in [4.69, 9.17) is 10.5 Å². The van der Waals surface area contributed by atoms with E-state index in [2.05, 4.69) is 56.9 Å². The highest BCUT2D eigenvalue weighted by molar-refractivity contribution is 5.89. The van der Waals surface area contributed by atoms with Gasteiger partial charge in [0, 0.05) is 88.2 Å². The fraction of sp³-hybridized carbons (Fsp3) is 0.500. The summed E-state index contributed by atoms with van der Waals surface area (Å²) in [5.74, 6) is 0.573. The number of nitrogens with two attached hydrogens (primary N) is 1. The molecule has 6 rings (SSSR count). The SMILES string of the molecule is CC1CN(c2cc(=O)n(C)c3ncccc23)CC(CN2CC(c3ccc(N4CCC(N)C4)cc3)C2)O1. The first kappa shape index (κ1) is 23.5. The smallest absolute Gasteiger partial charge is 0.253 e. The lowest BCUT2D eigenvalue weighted by Crippen LogP contribution is -2.55. The van der Waals surface area contributed by atoms with E-state index in [1.54, 1.807) is 23.9 Å². The minimum atomic E-state index is -0.0314. The molecule has 3 aliphatic heterocycles. The molecule has 3 aliphatic rings. The molecule has 0 bridgehead atoms. The Morgan fingerprint density at radius 1 is 1.06 bits per heavy atom. The minimum absolute atomic E-state index is 0.0314. The van der Waals surface area contributed by atoms with Crippen LogP contribution >= 0.6 is 0 Å². The van der Waals surface area contributed by atoms with Gasteiger partial charge in [-0.2, -0.15) is 0 Å². The highest BCUT2D eigenvalue weighted by Gasteiger charge is 2.34. The highest BCUT2D eigenvalue weighted by atomic mass is 16.5. The maximum Gasteiger partial charge on any atom is 0.253 e. The normalized spacial score (nSPS) is 25.5. The van der Waals surface area contributed by atoms with Crippen molar-refractivity contribution in [3.8, 4) is 0 Å². The third-order valence-corrected chi connectivity index (χ3v) is 8.01. The predicted molar refractivity (Wildman–Crippen MR) is 144 cm³/mol. The number of anilines is 2. The molecule has 190 valence electrons. The lowest BCUT2D eigenvalue weighted by molar-refractivity contribution is -0.0434. The van der Waals surface area contributed by atoms with E-state index in [1.807, 2.05) is 6.07 Å². The highest BCUT2D eigenvalue weighted by Crippen LogP contribution is 2.31. The van der Waals surface area contributed by atoms with Gasteiger partial charge in [-0.1, -0.05) is 12.1 Å². The summed E-state index contributed by atoms with van der Waals surface area (Å²) in [6.45, 7) is 8.69. The van der Waals surface area contributed by atoms with E-state index in [0.717, 1.165) is 69.0 Å². The van der Waals surface area contributed by atoms with Crippen molar-refractivity contribution in [2.75, 3.05) is 55.6 Å². The Bertz CT molecular complexity index is 1290. The molecule has 0 aliphatic carbocycles. The number of ether oxygens (including phenoxy) is 1. The number of nitrogens with zero attached hydrogens (tertiary/aromatic N) is 5. The number of aryl methyl sites for hydroxylation is 1. The first-order valence-electron chi connectivity index (χ1n) is 13.1. The zero-order chi connectivity index (χ0) is 24.8. The van der Waals surface area contributed by atoms with Gasteiger partial charge in [-0.3, -0.25) is 14.3 Å². The van der Waals surface area contributed by atoms with Crippen molar-refractivity contribution in [1.82, 2.24) is 14.5 Å². The van der Waals surface area contributed by atoms with Crippen LogP contribution in [0.15, 0.2) is 53.5 Å². The van der Waals surface area contributed by atoms with Crippen LogP contribution in [0.2, 0.25) is 0 Å². The number of likely N-dealkylation sites (tertiary alicyclic amines) is 1. The van der Waals surface area contributed by atoms with Gasteiger partial charge in [-0.25, -0.2) is 4.98 Å². The van der Waals surface area contributed by atoms with Gasteiger partial charge in [-0.15, -0.1) is 0 Å². The van der Waals surface area contributed by atoms with Gasteiger partial charge in [0.25, 0.3) is 5.56 Å². The first-order chi connectivity index (χ1) is 17.4. The summed E-state index contributed by atoms with van der Waals surface area (Å²) >= 11 is 0. The van der Waals surface area contributed by atoms with E-state index in [0.29, 0.717) is 12.0 Å². The molecule has 2 N–H and O–H groups in total. The molecular weight excluding hydrogens is 452 g/mol. The predicted octanol–water partition coefficient (Wildman–Crippen LogP) is 2.16. The van der Waals surface area contributed by atoms with Crippen molar-refractivity contribution in [3.63, 3.8) is 0 Å². The zero-order valence-corrected chi connectivity index (χ0v) is 21.2. The van der Waals surface area contributed by atoms with Gasteiger partial charge in [0.15, 0.2) is 0 Å². The Kier molecular flexibility index (Phi) is 6.19. The largest absolute Gasteiger partial charge is 0.370 e. The zero-order valence-electron chi connectivity index (χ0n) is 21.2. The van der Waals surface area contributed by atoms with Crippen molar-refractivity contribution in [3.05, 3.63) is 64.6 Å². The molecule has 8 heteroatoms. The van der Waals surface area contributed by atoms with Crippen molar-refractivity contribution >= 4 is 22.4 Å². The Morgan fingerprint density at radius 3 is 2.61 bits per heavy atom. The van der Waals surface area contributed by atoms with Crippen molar-refractivity contribution < 1.29 is 4.74 Å². The molecule has 1 aromatic carbocycles. The van der Waals surface area contributed by atoms with E-state index < -0.39 is 0 Å². The fourth-order valence-corrected chi connectivity index (χ4v) is 6.06. The molecule has 36 heavy (non-hydrogen) atoms. The third kappa shape index (κ3) is 4.49. The molecule has 0 radical (unpaired) electrons. The van der Waals surface area contributed by atoms with E-state index in [9.17, 15) is 4.79 Å². The number of aromatic nitrogens is 2. The summed E-state index contributed by atoms with van der Waals surface area (Å²) in [6, 6.07) is 15.1. The molecule has 2 aromatic heterocycles. The van der Waals surface area contributed by atoms with Crippen molar-refractivity contribution in [2.24, 2.45) is 12.8 Å². The fourth-order valence-electron chi connectivity index (χ4n) is 6.06. The lowest BCUT2D eigenvalue weighted by atomic mass is 9.91. The molecule has 3 fully saturated rings. The second kappa shape index (κ2) is 9.50. The van der Waals surface area contributed by atoms with Crippen LogP contribution in [-0.4, -0.2) is 78.5 Å². The Morgan fingerprint density at radius 2 is 1.86 bits per heavy atom. The van der Waals surface area contributed by atoms with E-state index in [-0.39, 0.29) is 17.8 Å². The number of rotatable bonds is 5. The van der Waals surface area contributed by atoms with Gasteiger partial charge in [0.05, 0.1) is 17.9 Å². The number of pyridine rings is 2. The van der Waals surface area contributed by atoms with Crippen molar-refractivity contribution in [1.29, 1.82) is 0 Å². The van der Waals surface area contributed by atoms with Crippen LogP contribution in [0.4, 0.5) is 11.4 Å². The number of benzene rings is 1. The van der Waals surface area contributed by atoms with Gasteiger partial charge in [0.2, 0.25) is 0 Å². The van der Waals surface area contributed by atoms with Gasteiger partial charge >= 0.3 is 0 Å². The molecule has 0 saturated carbocycles. The van der Waals surface area contributed by atoms with Gasteiger partial charge < -0.3 is 20.3 Å². The molecule has 0 spiro atoms. The summed E-state index contributed by atoms with van der Waals surface area (Å²) in [4.78, 5) is 24.3. The average Bonchev–Trinajstić information content (AvgIpc) is 3.29. The molecule has 3 saturated heterocycles. The molecule has 5 heterocycles. The van der Waals surface area contributed by atoms with Crippen LogP contribution in [0.3, 0.4) is 0 Å². The Hall–Kier alpha value is -2.94.